The van der Waals surface area contributed by atoms with Crippen molar-refractivity contribution in [1.82, 2.24) is 13.7 Å². The summed E-state index contributed by atoms with van der Waals surface area (Å²) in [5, 5.41) is 34.5. The molecule has 0 N–H and O–H groups in total. The SMILES string of the molecule is N#Cc1cc(C#N)c(-n2c3ccccc3c3ccc4c5ccccc5sc4c32)c(-n2c3ccccc3c3ccccc32)c1-n1c2ccccc2c2ccc3c4ccccc4sc3c21. The molecule has 63 heavy (non-hydrogen) atoms. The van der Waals surface area contributed by atoms with Crippen molar-refractivity contribution >= 4 is 128 Å². The van der Waals surface area contributed by atoms with Crippen LogP contribution in [-0.4, -0.2) is 13.7 Å². The van der Waals surface area contributed by atoms with Crippen molar-refractivity contribution in [3.8, 4) is 29.2 Å². The van der Waals surface area contributed by atoms with Crippen LogP contribution in [0, 0.1) is 22.7 Å². The van der Waals surface area contributed by atoms with Crippen molar-refractivity contribution in [2.75, 3.05) is 0 Å². The molecule has 0 aliphatic heterocycles. The van der Waals surface area contributed by atoms with Gasteiger partial charge in [-0.3, -0.25) is 0 Å². The van der Waals surface area contributed by atoms with Gasteiger partial charge in [0.25, 0.3) is 0 Å². The third-order valence-electron chi connectivity index (χ3n) is 13.1. The second-order valence-corrected chi connectivity index (χ2v) is 18.3. The zero-order valence-electron chi connectivity index (χ0n) is 33.3. The average Bonchev–Trinajstić information content (AvgIpc) is 4.15. The van der Waals surface area contributed by atoms with Crippen LogP contribution in [0.25, 0.3) is 123 Å². The molecule has 0 atom stereocenters. The molecule has 5 aromatic heterocycles. The summed E-state index contributed by atoms with van der Waals surface area (Å²) in [7, 11) is 0. The lowest BCUT2D eigenvalue weighted by Crippen LogP contribution is -2.13. The number of nitrogens with zero attached hydrogens (tertiary/aromatic N) is 5. The van der Waals surface area contributed by atoms with E-state index in [1.165, 1.54) is 30.9 Å². The summed E-state index contributed by atoms with van der Waals surface area (Å²) >= 11 is 3.57. The topological polar surface area (TPSA) is 62.4 Å². The van der Waals surface area contributed by atoms with Crippen LogP contribution in [0.2, 0.25) is 0 Å². The van der Waals surface area contributed by atoms with E-state index in [0.717, 1.165) is 91.9 Å². The van der Waals surface area contributed by atoms with Crippen LogP contribution in [0.4, 0.5) is 0 Å². The van der Waals surface area contributed by atoms with Gasteiger partial charge in [-0.2, -0.15) is 10.5 Å². The number of benzene rings is 9. The van der Waals surface area contributed by atoms with Gasteiger partial charge >= 0.3 is 0 Å². The van der Waals surface area contributed by atoms with Gasteiger partial charge in [0, 0.05) is 63.3 Å². The molecule has 0 aliphatic rings. The van der Waals surface area contributed by atoms with E-state index < -0.39 is 0 Å². The smallest absolute Gasteiger partial charge is 0.101 e. The van der Waals surface area contributed by atoms with E-state index in [4.69, 9.17) is 0 Å². The second-order valence-electron chi connectivity index (χ2n) is 16.2. The summed E-state index contributed by atoms with van der Waals surface area (Å²) in [6.07, 6.45) is 0. The fourth-order valence-corrected chi connectivity index (χ4v) is 13.1. The highest BCUT2D eigenvalue weighted by Gasteiger charge is 2.31. The molecule has 0 aliphatic carbocycles. The Hall–Kier alpha value is -8.20. The third-order valence-corrected chi connectivity index (χ3v) is 15.5. The zero-order chi connectivity index (χ0) is 41.5. The molecule has 14 rings (SSSR count). The Kier molecular flexibility index (Phi) is 6.94. The van der Waals surface area contributed by atoms with Gasteiger partial charge in [0.15, 0.2) is 0 Å². The predicted octanol–water partition coefficient (Wildman–Crippen LogP) is 15.5. The molecule has 0 amide bonds. The predicted molar refractivity (Wildman–Crippen MR) is 265 cm³/mol. The first-order valence-electron chi connectivity index (χ1n) is 20.9. The summed E-state index contributed by atoms with van der Waals surface area (Å²) in [6.45, 7) is 0. The fourth-order valence-electron chi connectivity index (χ4n) is 10.6. The highest BCUT2D eigenvalue weighted by atomic mass is 32.1. The maximum Gasteiger partial charge on any atom is 0.101 e. The van der Waals surface area contributed by atoms with E-state index in [1.54, 1.807) is 22.7 Å². The molecular weight excluding hydrogens is 807 g/mol. The van der Waals surface area contributed by atoms with Crippen LogP contribution in [0.3, 0.4) is 0 Å². The Morgan fingerprint density at radius 3 is 1.06 bits per heavy atom. The van der Waals surface area contributed by atoms with Gasteiger partial charge in [-0.25, -0.2) is 0 Å². The molecule has 0 spiro atoms. The quantitative estimate of drug-likeness (QED) is 0.178. The van der Waals surface area contributed by atoms with Gasteiger partial charge in [-0.15, -0.1) is 22.7 Å². The lowest BCUT2D eigenvalue weighted by molar-refractivity contribution is 1.04. The van der Waals surface area contributed by atoms with Gasteiger partial charge in [0.2, 0.25) is 0 Å². The molecule has 14 aromatic rings. The Bertz CT molecular complexity index is 4140. The number of nitriles is 2. The molecule has 7 heteroatoms. The normalized spacial score (nSPS) is 12.1. The average molecular weight is 836 g/mol. The molecule has 0 radical (unpaired) electrons. The molecular formula is C56H29N5S2. The van der Waals surface area contributed by atoms with Crippen LogP contribution in [0.5, 0.6) is 0 Å². The van der Waals surface area contributed by atoms with Crippen molar-refractivity contribution in [3.05, 3.63) is 187 Å². The van der Waals surface area contributed by atoms with E-state index in [-0.39, 0.29) is 0 Å². The number of rotatable bonds is 3. The fraction of sp³-hybridized carbons (Fsp3) is 0. The van der Waals surface area contributed by atoms with Gasteiger partial charge in [0.05, 0.1) is 70.7 Å². The summed E-state index contributed by atoms with van der Waals surface area (Å²) in [5.74, 6) is 0. The van der Waals surface area contributed by atoms with Crippen molar-refractivity contribution in [3.63, 3.8) is 0 Å². The molecule has 5 nitrogen and oxygen atoms in total. The van der Waals surface area contributed by atoms with Gasteiger partial charge < -0.3 is 13.7 Å². The Morgan fingerprint density at radius 1 is 0.317 bits per heavy atom. The van der Waals surface area contributed by atoms with E-state index in [2.05, 4.69) is 196 Å². The number of hydrogen-bond acceptors (Lipinski definition) is 4. The first kappa shape index (κ1) is 34.5. The third kappa shape index (κ3) is 4.47. The molecule has 0 bridgehead atoms. The van der Waals surface area contributed by atoms with Crippen molar-refractivity contribution in [2.45, 2.75) is 0 Å². The molecule has 0 unspecified atom stereocenters. The van der Waals surface area contributed by atoms with Gasteiger partial charge in [-0.1, -0.05) is 133 Å². The van der Waals surface area contributed by atoms with Crippen LogP contribution in [0.15, 0.2) is 176 Å². The largest absolute Gasteiger partial charge is 0.305 e. The Balaban J connectivity index is 1.29. The van der Waals surface area contributed by atoms with Crippen LogP contribution in [0.1, 0.15) is 11.1 Å². The maximum absolute atomic E-state index is 11.6. The first-order valence-corrected chi connectivity index (χ1v) is 22.5. The first-order chi connectivity index (χ1) is 31.2. The molecule has 5 heterocycles. The van der Waals surface area contributed by atoms with E-state index >= 15 is 0 Å². The molecule has 0 saturated carbocycles. The molecule has 0 fully saturated rings. The minimum absolute atomic E-state index is 0.417. The number of aromatic nitrogens is 3. The number of fused-ring (bicyclic) bond motifs is 17. The zero-order valence-corrected chi connectivity index (χ0v) is 34.9. The monoisotopic (exact) mass is 835 g/mol. The standard InChI is InChI=1S/C56H29N5S2/c57-30-32-29-33(31-58)51(61-47-22-10-4-16-37(47)41-26-28-43-39-18-6-12-24-49(39)63-56(43)53(41)61)54(59-44-19-7-1-13-34(44)35-14-2-8-20-45(35)59)50(32)60-46-21-9-3-15-36(46)40-25-27-42-38-17-5-11-23-48(38)62-55(42)52(40)60/h1-29H. The van der Waals surface area contributed by atoms with E-state index in [9.17, 15) is 10.5 Å². The van der Waals surface area contributed by atoms with Crippen LogP contribution < -0.4 is 0 Å². The van der Waals surface area contributed by atoms with Gasteiger partial charge in [0.1, 0.15) is 12.1 Å². The lowest BCUT2D eigenvalue weighted by atomic mass is 10.0. The van der Waals surface area contributed by atoms with Gasteiger partial charge in [-0.05, 0) is 42.5 Å². The summed E-state index contributed by atoms with van der Waals surface area (Å²) in [5.41, 5.74) is 9.08. The van der Waals surface area contributed by atoms with E-state index in [0.29, 0.717) is 11.1 Å². The number of para-hydroxylation sites is 4. The Morgan fingerprint density at radius 2 is 0.651 bits per heavy atom. The van der Waals surface area contributed by atoms with Crippen molar-refractivity contribution in [2.24, 2.45) is 0 Å². The van der Waals surface area contributed by atoms with Crippen molar-refractivity contribution < 1.29 is 0 Å². The molecule has 290 valence electrons. The Labute approximate surface area is 366 Å². The number of hydrogen-bond donors (Lipinski definition) is 0. The number of thiophene rings is 2. The minimum atomic E-state index is 0.417. The molecule has 0 saturated heterocycles. The summed E-state index contributed by atoms with van der Waals surface area (Å²) in [4.78, 5) is 0. The molecule has 9 aromatic carbocycles. The highest BCUT2D eigenvalue weighted by Crippen LogP contribution is 2.49. The van der Waals surface area contributed by atoms with Crippen LogP contribution >= 0.6 is 22.7 Å². The highest BCUT2D eigenvalue weighted by molar-refractivity contribution is 7.27. The van der Waals surface area contributed by atoms with E-state index in [1.807, 2.05) is 6.07 Å². The minimum Gasteiger partial charge on any atom is -0.305 e. The maximum atomic E-state index is 11.6. The summed E-state index contributed by atoms with van der Waals surface area (Å²) < 4.78 is 11.7. The lowest BCUT2D eigenvalue weighted by Gasteiger charge is -2.24. The summed E-state index contributed by atoms with van der Waals surface area (Å²) in [6, 6.07) is 67.5. The van der Waals surface area contributed by atoms with Crippen LogP contribution in [-0.2, 0) is 0 Å². The second kappa shape index (κ2) is 12.7. The van der Waals surface area contributed by atoms with Crippen molar-refractivity contribution in [1.29, 1.82) is 10.5 Å².